The molecule has 92 valence electrons. The second kappa shape index (κ2) is 5.45. The maximum absolute atomic E-state index is 9.86. The molecule has 2 rings (SSSR count). The lowest BCUT2D eigenvalue weighted by atomic mass is 10.0. The molecule has 0 saturated heterocycles. The molecule has 0 radical (unpaired) electrons. The SMILES string of the molecule is CCCc1ccc(O)c(OC)c1C1=NCCS1. The number of rotatable bonds is 4. The van der Waals surface area contributed by atoms with Gasteiger partial charge >= 0.3 is 0 Å². The summed E-state index contributed by atoms with van der Waals surface area (Å²) < 4.78 is 5.33. The van der Waals surface area contributed by atoms with Gasteiger partial charge in [-0.25, -0.2) is 0 Å². The first-order valence-corrected chi connectivity index (χ1v) is 6.83. The molecular formula is C13H17NO2S. The summed E-state index contributed by atoms with van der Waals surface area (Å²) in [6.07, 6.45) is 2.05. The van der Waals surface area contributed by atoms with Gasteiger partial charge in [-0.2, -0.15) is 0 Å². The molecule has 0 aromatic heterocycles. The molecule has 4 heteroatoms. The monoisotopic (exact) mass is 251 g/mol. The van der Waals surface area contributed by atoms with E-state index in [-0.39, 0.29) is 5.75 Å². The van der Waals surface area contributed by atoms with E-state index in [0.29, 0.717) is 5.75 Å². The molecule has 0 amide bonds. The molecule has 0 saturated carbocycles. The first-order valence-electron chi connectivity index (χ1n) is 5.84. The van der Waals surface area contributed by atoms with E-state index in [0.717, 1.165) is 35.7 Å². The van der Waals surface area contributed by atoms with Crippen LogP contribution in [0.4, 0.5) is 0 Å². The first-order chi connectivity index (χ1) is 8.27. The van der Waals surface area contributed by atoms with Gasteiger partial charge in [0, 0.05) is 12.3 Å². The van der Waals surface area contributed by atoms with Gasteiger partial charge < -0.3 is 9.84 Å². The van der Waals surface area contributed by atoms with Crippen molar-refractivity contribution in [2.24, 2.45) is 4.99 Å². The molecule has 17 heavy (non-hydrogen) atoms. The normalized spacial score (nSPS) is 14.8. The van der Waals surface area contributed by atoms with E-state index in [4.69, 9.17) is 4.74 Å². The number of phenolic OH excluding ortho intramolecular Hbond substituents is 1. The minimum absolute atomic E-state index is 0.192. The number of ether oxygens (including phenoxy) is 1. The summed E-state index contributed by atoms with van der Waals surface area (Å²) in [4.78, 5) is 4.49. The number of aromatic hydroxyl groups is 1. The fourth-order valence-corrected chi connectivity index (χ4v) is 2.94. The number of benzene rings is 1. The zero-order valence-electron chi connectivity index (χ0n) is 10.2. The van der Waals surface area contributed by atoms with E-state index >= 15 is 0 Å². The van der Waals surface area contributed by atoms with Crippen LogP contribution in [0.1, 0.15) is 24.5 Å². The van der Waals surface area contributed by atoms with Gasteiger partial charge in [-0.05, 0) is 18.1 Å². The fourth-order valence-electron chi connectivity index (χ4n) is 2.02. The number of methoxy groups -OCH3 is 1. The Labute approximate surface area is 106 Å². The number of hydrogen-bond donors (Lipinski definition) is 1. The summed E-state index contributed by atoms with van der Waals surface area (Å²) >= 11 is 1.73. The van der Waals surface area contributed by atoms with Crippen LogP contribution in [0.25, 0.3) is 0 Å². The van der Waals surface area contributed by atoms with Crippen LogP contribution < -0.4 is 4.74 Å². The summed E-state index contributed by atoms with van der Waals surface area (Å²) in [7, 11) is 1.59. The molecule has 0 aliphatic carbocycles. The van der Waals surface area contributed by atoms with Crippen LogP contribution in [-0.4, -0.2) is 29.6 Å². The van der Waals surface area contributed by atoms with Crippen molar-refractivity contribution in [2.45, 2.75) is 19.8 Å². The highest BCUT2D eigenvalue weighted by atomic mass is 32.2. The maximum atomic E-state index is 9.86. The van der Waals surface area contributed by atoms with Crippen molar-refractivity contribution >= 4 is 16.8 Å². The van der Waals surface area contributed by atoms with Crippen molar-refractivity contribution in [1.29, 1.82) is 0 Å². The Morgan fingerprint density at radius 2 is 2.29 bits per heavy atom. The molecule has 1 aliphatic rings. The van der Waals surface area contributed by atoms with Gasteiger partial charge in [0.05, 0.1) is 12.7 Å². The largest absolute Gasteiger partial charge is 0.504 e. The summed E-state index contributed by atoms with van der Waals surface area (Å²) in [5.74, 6) is 1.77. The molecule has 0 bridgehead atoms. The predicted molar refractivity (Wildman–Crippen MR) is 72.5 cm³/mol. The van der Waals surface area contributed by atoms with E-state index < -0.39 is 0 Å². The second-order valence-electron chi connectivity index (χ2n) is 3.94. The molecule has 1 N–H and O–H groups in total. The Kier molecular flexibility index (Phi) is 3.94. The van der Waals surface area contributed by atoms with Crippen molar-refractivity contribution in [3.8, 4) is 11.5 Å². The topological polar surface area (TPSA) is 41.8 Å². The van der Waals surface area contributed by atoms with E-state index in [1.165, 1.54) is 5.56 Å². The molecule has 0 atom stereocenters. The van der Waals surface area contributed by atoms with Gasteiger partial charge in [-0.3, -0.25) is 4.99 Å². The molecule has 0 unspecified atom stereocenters. The number of phenols is 1. The van der Waals surface area contributed by atoms with Gasteiger partial charge in [0.1, 0.15) is 5.04 Å². The highest BCUT2D eigenvalue weighted by Gasteiger charge is 2.20. The first kappa shape index (κ1) is 12.3. The van der Waals surface area contributed by atoms with Crippen molar-refractivity contribution in [3.63, 3.8) is 0 Å². The fraction of sp³-hybridized carbons (Fsp3) is 0.462. The zero-order chi connectivity index (χ0) is 12.3. The molecule has 1 aromatic carbocycles. The van der Waals surface area contributed by atoms with Gasteiger partial charge in [0.25, 0.3) is 0 Å². The Morgan fingerprint density at radius 1 is 1.47 bits per heavy atom. The lowest BCUT2D eigenvalue weighted by Gasteiger charge is -2.14. The van der Waals surface area contributed by atoms with E-state index in [1.54, 1.807) is 24.9 Å². The summed E-state index contributed by atoms with van der Waals surface area (Å²) in [6.45, 7) is 3.00. The molecule has 0 spiro atoms. The molecule has 0 fully saturated rings. The van der Waals surface area contributed by atoms with Crippen LogP contribution in [0, 0.1) is 0 Å². The van der Waals surface area contributed by atoms with Crippen LogP contribution in [0.2, 0.25) is 0 Å². The van der Waals surface area contributed by atoms with Crippen LogP contribution in [-0.2, 0) is 6.42 Å². The Bertz CT molecular complexity index is 443. The maximum Gasteiger partial charge on any atom is 0.170 e. The molecule has 1 aromatic rings. The summed E-state index contributed by atoms with van der Waals surface area (Å²) in [6, 6.07) is 3.67. The van der Waals surface area contributed by atoms with Crippen LogP contribution in [0.5, 0.6) is 11.5 Å². The molecule has 1 aliphatic heterocycles. The summed E-state index contributed by atoms with van der Waals surface area (Å²) in [5.41, 5.74) is 2.19. The lowest BCUT2D eigenvalue weighted by molar-refractivity contribution is 0.372. The van der Waals surface area contributed by atoms with Crippen molar-refractivity contribution in [1.82, 2.24) is 0 Å². The zero-order valence-corrected chi connectivity index (χ0v) is 11.0. The highest BCUT2D eigenvalue weighted by Crippen LogP contribution is 2.37. The predicted octanol–water partition coefficient (Wildman–Crippen LogP) is 2.85. The number of hydrogen-bond acceptors (Lipinski definition) is 4. The van der Waals surface area contributed by atoms with Crippen LogP contribution >= 0.6 is 11.8 Å². The van der Waals surface area contributed by atoms with Crippen molar-refractivity contribution < 1.29 is 9.84 Å². The van der Waals surface area contributed by atoms with Crippen molar-refractivity contribution in [3.05, 3.63) is 23.3 Å². The smallest absolute Gasteiger partial charge is 0.170 e. The van der Waals surface area contributed by atoms with Gasteiger partial charge in [-0.15, -0.1) is 11.8 Å². The van der Waals surface area contributed by atoms with Crippen molar-refractivity contribution in [2.75, 3.05) is 19.4 Å². The average Bonchev–Trinajstić information content (AvgIpc) is 2.84. The number of aliphatic imine (C=N–C) groups is 1. The number of aryl methyl sites for hydroxylation is 1. The minimum Gasteiger partial charge on any atom is -0.504 e. The van der Waals surface area contributed by atoms with Gasteiger partial charge in [0.15, 0.2) is 11.5 Å². The van der Waals surface area contributed by atoms with Crippen LogP contribution in [0.3, 0.4) is 0 Å². The molecular weight excluding hydrogens is 234 g/mol. The Balaban J connectivity index is 2.53. The number of nitrogens with zero attached hydrogens (tertiary/aromatic N) is 1. The Hall–Kier alpha value is -1.16. The number of thioether (sulfide) groups is 1. The molecule has 3 nitrogen and oxygen atoms in total. The highest BCUT2D eigenvalue weighted by molar-refractivity contribution is 8.14. The van der Waals surface area contributed by atoms with Gasteiger partial charge in [0.2, 0.25) is 0 Å². The van der Waals surface area contributed by atoms with Crippen LogP contribution in [0.15, 0.2) is 17.1 Å². The van der Waals surface area contributed by atoms with Gasteiger partial charge in [-0.1, -0.05) is 19.4 Å². The average molecular weight is 251 g/mol. The third kappa shape index (κ3) is 2.41. The standard InChI is InChI=1S/C13H17NO2S/c1-3-4-9-5-6-10(15)12(16-2)11(9)13-14-7-8-17-13/h5-6,15H,3-4,7-8H2,1-2H3. The quantitative estimate of drug-likeness (QED) is 0.894. The lowest BCUT2D eigenvalue weighted by Crippen LogP contribution is -2.03. The molecule has 1 heterocycles. The second-order valence-corrected chi connectivity index (χ2v) is 5.02. The third-order valence-electron chi connectivity index (χ3n) is 2.75. The third-order valence-corrected chi connectivity index (χ3v) is 3.74. The van der Waals surface area contributed by atoms with E-state index in [2.05, 4.69) is 11.9 Å². The minimum atomic E-state index is 0.192. The van der Waals surface area contributed by atoms with E-state index in [9.17, 15) is 5.11 Å². The Morgan fingerprint density at radius 3 is 2.88 bits per heavy atom. The summed E-state index contributed by atoms with van der Waals surface area (Å²) in [5, 5.41) is 10.9. The van der Waals surface area contributed by atoms with E-state index in [1.807, 2.05) is 6.07 Å².